The molecular formula is C37H26N2. The van der Waals surface area contributed by atoms with Crippen LogP contribution in [0.1, 0.15) is 0 Å². The first-order valence-corrected chi connectivity index (χ1v) is 13.2. The van der Waals surface area contributed by atoms with Gasteiger partial charge in [0.05, 0.1) is 5.69 Å². The molecule has 0 fully saturated rings. The summed E-state index contributed by atoms with van der Waals surface area (Å²) in [4.78, 5) is 7.03. The van der Waals surface area contributed by atoms with Gasteiger partial charge in [0.2, 0.25) is 0 Å². The van der Waals surface area contributed by atoms with Gasteiger partial charge in [0.15, 0.2) is 0 Å². The summed E-state index contributed by atoms with van der Waals surface area (Å²) in [6.07, 6.45) is 1.87. The third kappa shape index (κ3) is 4.13. The van der Waals surface area contributed by atoms with Gasteiger partial charge in [-0.05, 0) is 81.2 Å². The van der Waals surface area contributed by atoms with E-state index in [-0.39, 0.29) is 0 Å². The highest BCUT2D eigenvalue weighted by Gasteiger charge is 2.18. The molecule has 0 bridgehead atoms. The predicted molar refractivity (Wildman–Crippen MR) is 165 cm³/mol. The molecule has 2 heteroatoms. The first kappa shape index (κ1) is 22.9. The number of anilines is 3. The number of hydrogen-bond donors (Lipinski definition) is 0. The summed E-state index contributed by atoms with van der Waals surface area (Å²) in [5, 5.41) is 4.88. The van der Waals surface area contributed by atoms with Crippen LogP contribution in [0.15, 0.2) is 158 Å². The molecule has 1 heterocycles. The van der Waals surface area contributed by atoms with Gasteiger partial charge in [0.1, 0.15) is 0 Å². The fourth-order valence-electron chi connectivity index (χ4n) is 5.60. The van der Waals surface area contributed by atoms with E-state index in [1.807, 2.05) is 12.3 Å². The van der Waals surface area contributed by atoms with E-state index >= 15 is 0 Å². The van der Waals surface area contributed by atoms with Crippen LogP contribution in [-0.2, 0) is 0 Å². The number of pyridine rings is 1. The van der Waals surface area contributed by atoms with E-state index in [0.717, 1.165) is 22.8 Å². The molecule has 0 aliphatic rings. The Labute approximate surface area is 228 Å². The van der Waals surface area contributed by atoms with Crippen molar-refractivity contribution in [1.29, 1.82) is 0 Å². The molecule has 0 atom stereocenters. The third-order valence-electron chi connectivity index (χ3n) is 7.30. The Kier molecular flexibility index (Phi) is 5.84. The zero-order valence-corrected chi connectivity index (χ0v) is 21.4. The molecule has 0 radical (unpaired) electrons. The van der Waals surface area contributed by atoms with Crippen molar-refractivity contribution in [3.63, 3.8) is 0 Å². The Morgan fingerprint density at radius 1 is 0.359 bits per heavy atom. The van der Waals surface area contributed by atoms with Crippen LogP contribution in [0.3, 0.4) is 0 Å². The van der Waals surface area contributed by atoms with E-state index in [4.69, 9.17) is 4.98 Å². The fourth-order valence-corrected chi connectivity index (χ4v) is 5.60. The molecule has 0 amide bonds. The van der Waals surface area contributed by atoms with Crippen LogP contribution in [0.4, 0.5) is 17.1 Å². The quantitative estimate of drug-likeness (QED) is 0.219. The molecule has 184 valence electrons. The van der Waals surface area contributed by atoms with Crippen LogP contribution in [0.25, 0.3) is 43.9 Å². The molecule has 0 saturated carbocycles. The Morgan fingerprint density at radius 3 is 1.28 bits per heavy atom. The second-order valence-electron chi connectivity index (χ2n) is 9.61. The molecule has 39 heavy (non-hydrogen) atoms. The van der Waals surface area contributed by atoms with Gasteiger partial charge in [-0.25, -0.2) is 0 Å². The van der Waals surface area contributed by atoms with Gasteiger partial charge < -0.3 is 4.90 Å². The monoisotopic (exact) mass is 498 g/mol. The molecule has 0 aliphatic heterocycles. The number of fused-ring (bicyclic) bond motifs is 2. The van der Waals surface area contributed by atoms with E-state index in [2.05, 4.69) is 150 Å². The highest BCUT2D eigenvalue weighted by Crippen LogP contribution is 2.44. The summed E-state index contributed by atoms with van der Waals surface area (Å²) < 4.78 is 0. The number of benzene rings is 6. The van der Waals surface area contributed by atoms with Crippen molar-refractivity contribution in [3.8, 4) is 22.4 Å². The van der Waals surface area contributed by atoms with Crippen molar-refractivity contribution < 1.29 is 0 Å². The lowest BCUT2D eigenvalue weighted by molar-refractivity contribution is 1.28. The Morgan fingerprint density at radius 2 is 0.795 bits per heavy atom. The largest absolute Gasteiger partial charge is 0.311 e. The molecule has 6 aromatic carbocycles. The van der Waals surface area contributed by atoms with Crippen LogP contribution < -0.4 is 4.90 Å². The van der Waals surface area contributed by atoms with Crippen LogP contribution in [0.2, 0.25) is 0 Å². The van der Waals surface area contributed by atoms with Crippen LogP contribution in [0.5, 0.6) is 0 Å². The van der Waals surface area contributed by atoms with Gasteiger partial charge in [0.25, 0.3) is 0 Å². The Bertz CT molecular complexity index is 1780. The van der Waals surface area contributed by atoms with E-state index in [9.17, 15) is 0 Å². The van der Waals surface area contributed by atoms with Crippen molar-refractivity contribution in [1.82, 2.24) is 4.98 Å². The average Bonchev–Trinajstić information content (AvgIpc) is 3.02. The van der Waals surface area contributed by atoms with Crippen molar-refractivity contribution >= 4 is 38.6 Å². The van der Waals surface area contributed by atoms with Crippen LogP contribution in [-0.4, -0.2) is 4.98 Å². The molecule has 7 rings (SSSR count). The summed E-state index contributed by atoms with van der Waals surface area (Å²) in [5.74, 6) is 0. The second-order valence-corrected chi connectivity index (χ2v) is 9.61. The van der Waals surface area contributed by atoms with Gasteiger partial charge in [0, 0.05) is 28.8 Å². The van der Waals surface area contributed by atoms with Crippen LogP contribution >= 0.6 is 0 Å². The third-order valence-corrected chi connectivity index (χ3v) is 7.30. The lowest BCUT2D eigenvalue weighted by Crippen LogP contribution is -2.09. The van der Waals surface area contributed by atoms with E-state index in [0.29, 0.717) is 0 Å². The molecule has 1 aromatic heterocycles. The molecule has 0 N–H and O–H groups in total. The van der Waals surface area contributed by atoms with Gasteiger partial charge in [-0.1, -0.05) is 103 Å². The number of aromatic nitrogens is 1. The predicted octanol–water partition coefficient (Wildman–Crippen LogP) is 10.2. The normalized spacial score (nSPS) is 11.1. The first-order valence-electron chi connectivity index (χ1n) is 13.2. The number of nitrogens with zero attached hydrogens (tertiary/aromatic N) is 2. The van der Waals surface area contributed by atoms with Gasteiger partial charge in [-0.3, -0.25) is 4.98 Å². The summed E-state index contributed by atoms with van der Waals surface area (Å²) >= 11 is 0. The average molecular weight is 499 g/mol. The minimum Gasteiger partial charge on any atom is -0.311 e. The molecular weight excluding hydrogens is 472 g/mol. The second kappa shape index (κ2) is 9.92. The summed E-state index contributed by atoms with van der Waals surface area (Å²) in [7, 11) is 0. The zero-order valence-electron chi connectivity index (χ0n) is 21.4. The standard InChI is InChI=1S/C37H26N2/c1-3-13-28(14-4-1)39(29-15-5-2-6-16-29)30-24-22-27(23-25-30)36-31-17-7-9-19-33(31)37(35-21-11-12-26-38-35)34-20-10-8-18-32(34)36/h1-26H. The van der Waals surface area contributed by atoms with Gasteiger partial charge >= 0.3 is 0 Å². The smallest absolute Gasteiger partial charge is 0.0714 e. The van der Waals surface area contributed by atoms with E-state index in [1.165, 1.54) is 38.2 Å². The molecule has 7 aromatic rings. The highest BCUT2D eigenvalue weighted by molar-refractivity contribution is 6.21. The van der Waals surface area contributed by atoms with Crippen molar-refractivity contribution in [2.45, 2.75) is 0 Å². The molecule has 0 unspecified atom stereocenters. The maximum absolute atomic E-state index is 4.73. The fraction of sp³-hybridized carbons (Fsp3) is 0. The lowest BCUT2D eigenvalue weighted by atomic mass is 9.87. The highest BCUT2D eigenvalue weighted by atomic mass is 15.1. The van der Waals surface area contributed by atoms with E-state index < -0.39 is 0 Å². The summed E-state index contributed by atoms with van der Waals surface area (Å²) in [5.41, 5.74) is 8.00. The number of para-hydroxylation sites is 2. The Hall–Kier alpha value is -5.21. The summed E-state index contributed by atoms with van der Waals surface area (Å²) in [6, 6.07) is 53.5. The number of hydrogen-bond acceptors (Lipinski definition) is 2. The maximum atomic E-state index is 4.73. The van der Waals surface area contributed by atoms with Crippen molar-refractivity contribution in [2.24, 2.45) is 0 Å². The topological polar surface area (TPSA) is 16.1 Å². The lowest BCUT2D eigenvalue weighted by Gasteiger charge is -2.25. The van der Waals surface area contributed by atoms with Gasteiger partial charge in [-0.2, -0.15) is 0 Å². The van der Waals surface area contributed by atoms with Crippen molar-refractivity contribution in [3.05, 3.63) is 158 Å². The molecule has 0 spiro atoms. The minimum absolute atomic E-state index is 0.994. The Balaban J connectivity index is 1.43. The van der Waals surface area contributed by atoms with Crippen LogP contribution in [0, 0.1) is 0 Å². The van der Waals surface area contributed by atoms with Crippen molar-refractivity contribution in [2.75, 3.05) is 4.90 Å². The minimum atomic E-state index is 0.994. The first-order chi connectivity index (χ1) is 19.4. The molecule has 0 saturated heterocycles. The SMILES string of the molecule is c1ccc(N(c2ccccc2)c2ccc(-c3c4ccccc4c(-c4ccccn4)c4ccccc34)cc2)cc1. The zero-order chi connectivity index (χ0) is 26.0. The molecule has 2 nitrogen and oxygen atoms in total. The maximum Gasteiger partial charge on any atom is 0.0714 e. The number of rotatable bonds is 5. The van der Waals surface area contributed by atoms with E-state index in [1.54, 1.807) is 0 Å². The van der Waals surface area contributed by atoms with Gasteiger partial charge in [-0.15, -0.1) is 0 Å². The summed E-state index contributed by atoms with van der Waals surface area (Å²) in [6.45, 7) is 0. The molecule has 0 aliphatic carbocycles.